The van der Waals surface area contributed by atoms with Gasteiger partial charge in [0.25, 0.3) is 0 Å². The lowest BCUT2D eigenvalue weighted by atomic mass is 10.1. The third-order valence-electron chi connectivity index (χ3n) is 2.34. The Bertz CT molecular complexity index is 356. The van der Waals surface area contributed by atoms with E-state index < -0.39 is 8.07 Å². The van der Waals surface area contributed by atoms with Crippen molar-refractivity contribution in [2.75, 3.05) is 0 Å². The fourth-order valence-corrected chi connectivity index (χ4v) is 2.58. The third-order valence-corrected chi connectivity index (χ3v) is 4.22. The second kappa shape index (κ2) is 2.84. The van der Waals surface area contributed by atoms with E-state index >= 15 is 0 Å². The van der Waals surface area contributed by atoms with E-state index in [1.165, 1.54) is 16.3 Å². The molecule has 0 heterocycles. The van der Waals surface area contributed by atoms with Crippen molar-refractivity contribution in [3.05, 3.63) is 47.0 Å². The molecule has 0 N–H and O–H groups in total. The van der Waals surface area contributed by atoms with Gasteiger partial charge in [0.15, 0.2) is 0 Å². The van der Waals surface area contributed by atoms with Gasteiger partial charge in [0.05, 0.1) is 8.07 Å². The molecule has 0 saturated heterocycles. The summed E-state index contributed by atoms with van der Waals surface area (Å²) in [5.74, 6) is 0. The molecule has 0 bridgehead atoms. The van der Waals surface area contributed by atoms with Crippen LogP contribution < -0.4 is 0 Å². The fraction of sp³-hybridized carbons (Fsp3) is 0.250. The van der Waals surface area contributed by atoms with Crippen LogP contribution in [0.4, 0.5) is 0 Å². The molecule has 0 aromatic heterocycles. The van der Waals surface area contributed by atoms with Crippen LogP contribution in [-0.2, 0) is 0 Å². The highest BCUT2D eigenvalue weighted by molar-refractivity contribution is 6.84. The molecular formula is C12H14Si. The minimum Gasteiger partial charge on any atom is -0.0677 e. The molecule has 13 heavy (non-hydrogen) atoms. The maximum atomic E-state index is 3.50. The van der Waals surface area contributed by atoms with Crippen LogP contribution in [0.5, 0.6) is 0 Å². The van der Waals surface area contributed by atoms with Crippen molar-refractivity contribution in [1.29, 1.82) is 0 Å². The van der Waals surface area contributed by atoms with Gasteiger partial charge in [-0.3, -0.25) is 0 Å². The lowest BCUT2D eigenvalue weighted by Crippen LogP contribution is -2.22. The number of allylic oxidation sites excluding steroid dienone is 1. The largest absolute Gasteiger partial charge is 0.0737 e. The SMILES string of the molecule is C[Si](C)(C)C1=Cc2ccccc2[C]1. The van der Waals surface area contributed by atoms with Gasteiger partial charge in [0.2, 0.25) is 0 Å². The highest BCUT2D eigenvalue weighted by Crippen LogP contribution is 2.31. The molecule has 0 nitrogen and oxygen atoms in total. The normalized spacial score (nSPS) is 15.5. The van der Waals surface area contributed by atoms with Crippen LogP contribution in [0, 0.1) is 6.42 Å². The summed E-state index contributed by atoms with van der Waals surface area (Å²) in [7, 11) is -1.17. The summed E-state index contributed by atoms with van der Waals surface area (Å²) in [6, 6.07) is 8.46. The average molecular weight is 186 g/mol. The minimum atomic E-state index is -1.17. The van der Waals surface area contributed by atoms with E-state index in [2.05, 4.69) is 56.4 Å². The van der Waals surface area contributed by atoms with E-state index in [4.69, 9.17) is 0 Å². The zero-order chi connectivity index (χ0) is 9.47. The molecule has 1 heteroatoms. The minimum absolute atomic E-state index is 1.17. The van der Waals surface area contributed by atoms with E-state index in [0.717, 1.165) is 0 Å². The van der Waals surface area contributed by atoms with Crippen molar-refractivity contribution in [2.45, 2.75) is 19.6 Å². The van der Waals surface area contributed by atoms with Crippen molar-refractivity contribution in [2.24, 2.45) is 0 Å². The zero-order valence-corrected chi connectivity index (χ0v) is 9.39. The Hall–Kier alpha value is -0.823. The molecule has 0 fully saturated rings. The quantitative estimate of drug-likeness (QED) is 0.590. The molecule has 1 aromatic rings. The van der Waals surface area contributed by atoms with Gasteiger partial charge in [-0.25, -0.2) is 0 Å². The Kier molecular flexibility index (Phi) is 1.92. The topological polar surface area (TPSA) is 0 Å². The van der Waals surface area contributed by atoms with E-state index in [1.54, 1.807) is 0 Å². The van der Waals surface area contributed by atoms with Crippen molar-refractivity contribution in [3.8, 4) is 0 Å². The highest BCUT2D eigenvalue weighted by Gasteiger charge is 2.24. The molecule has 2 radical (unpaired) electrons. The summed E-state index contributed by atoms with van der Waals surface area (Å²) >= 11 is 0. The number of rotatable bonds is 1. The Morgan fingerprint density at radius 3 is 2.38 bits per heavy atom. The van der Waals surface area contributed by atoms with Crippen molar-refractivity contribution in [3.63, 3.8) is 0 Å². The second-order valence-electron chi connectivity index (χ2n) is 4.52. The Labute approximate surface area is 81.3 Å². The van der Waals surface area contributed by atoms with Gasteiger partial charge < -0.3 is 0 Å². The van der Waals surface area contributed by atoms with Crippen LogP contribution in [0.15, 0.2) is 29.5 Å². The summed E-state index contributed by atoms with van der Waals surface area (Å²) < 4.78 is 0. The number of hydrogen-bond acceptors (Lipinski definition) is 0. The molecule has 0 unspecified atom stereocenters. The first-order chi connectivity index (χ1) is 6.07. The molecular weight excluding hydrogens is 172 g/mol. The fourth-order valence-electron chi connectivity index (χ4n) is 1.48. The first-order valence-corrected chi connectivity index (χ1v) is 8.15. The van der Waals surface area contributed by atoms with Gasteiger partial charge in [-0.15, -0.1) is 0 Å². The molecule has 66 valence electrons. The molecule has 1 aliphatic carbocycles. The highest BCUT2D eigenvalue weighted by atomic mass is 28.3. The molecule has 0 spiro atoms. The predicted octanol–water partition coefficient (Wildman–Crippen LogP) is 3.39. The monoisotopic (exact) mass is 186 g/mol. The standard InChI is InChI=1S/C12H14Si/c1-13(2,3)12-8-10-6-4-5-7-11(10)9-12/h4-8H,1-3H3. The van der Waals surface area contributed by atoms with E-state index in [0.29, 0.717) is 0 Å². The lowest BCUT2D eigenvalue weighted by Gasteiger charge is -2.16. The molecule has 2 rings (SSSR count). The Morgan fingerprint density at radius 2 is 1.77 bits per heavy atom. The molecule has 0 atom stereocenters. The van der Waals surface area contributed by atoms with Crippen LogP contribution in [-0.4, -0.2) is 8.07 Å². The first kappa shape index (κ1) is 8.76. The lowest BCUT2D eigenvalue weighted by molar-refractivity contribution is 1.51. The van der Waals surface area contributed by atoms with Gasteiger partial charge in [-0.1, -0.05) is 55.2 Å². The summed E-state index contributed by atoms with van der Waals surface area (Å²) in [6.07, 6.45) is 5.79. The van der Waals surface area contributed by atoms with Crippen LogP contribution in [0.1, 0.15) is 11.1 Å². The van der Waals surface area contributed by atoms with Gasteiger partial charge in [0.1, 0.15) is 0 Å². The predicted molar refractivity (Wildman–Crippen MR) is 60.1 cm³/mol. The van der Waals surface area contributed by atoms with Crippen molar-refractivity contribution < 1.29 is 0 Å². The number of benzene rings is 1. The summed E-state index contributed by atoms with van der Waals surface area (Å²) in [4.78, 5) is 0. The van der Waals surface area contributed by atoms with Crippen LogP contribution in [0.3, 0.4) is 0 Å². The second-order valence-corrected chi connectivity index (χ2v) is 9.56. The summed E-state index contributed by atoms with van der Waals surface area (Å²) in [5.41, 5.74) is 2.60. The van der Waals surface area contributed by atoms with Crippen molar-refractivity contribution >= 4 is 14.1 Å². The average Bonchev–Trinajstić information content (AvgIpc) is 2.45. The van der Waals surface area contributed by atoms with Crippen LogP contribution in [0.25, 0.3) is 6.08 Å². The smallest absolute Gasteiger partial charge is 0.0677 e. The van der Waals surface area contributed by atoms with Gasteiger partial charge in [0, 0.05) is 6.42 Å². The van der Waals surface area contributed by atoms with Crippen molar-refractivity contribution in [1.82, 2.24) is 0 Å². The van der Waals surface area contributed by atoms with Crippen LogP contribution in [0.2, 0.25) is 19.6 Å². The molecule has 1 aliphatic rings. The van der Waals surface area contributed by atoms with E-state index in [9.17, 15) is 0 Å². The first-order valence-electron chi connectivity index (χ1n) is 4.65. The molecule has 0 aliphatic heterocycles. The maximum absolute atomic E-state index is 3.50. The molecule has 1 aromatic carbocycles. The third kappa shape index (κ3) is 1.61. The Balaban J connectivity index is 2.37. The Morgan fingerprint density at radius 1 is 1.08 bits per heavy atom. The van der Waals surface area contributed by atoms with E-state index in [-0.39, 0.29) is 0 Å². The van der Waals surface area contributed by atoms with Gasteiger partial charge in [-0.2, -0.15) is 0 Å². The number of hydrogen-bond donors (Lipinski definition) is 0. The van der Waals surface area contributed by atoms with Gasteiger partial charge in [-0.05, 0) is 11.1 Å². The summed E-state index contributed by atoms with van der Waals surface area (Å²) in [5, 5.41) is 1.44. The van der Waals surface area contributed by atoms with Crippen LogP contribution >= 0.6 is 0 Å². The number of fused-ring (bicyclic) bond motifs is 1. The summed E-state index contributed by atoms with van der Waals surface area (Å²) in [6.45, 7) is 7.08. The molecule has 0 amide bonds. The van der Waals surface area contributed by atoms with Gasteiger partial charge >= 0.3 is 0 Å². The maximum Gasteiger partial charge on any atom is 0.0737 e. The van der Waals surface area contributed by atoms with E-state index in [1.807, 2.05) is 0 Å². The zero-order valence-electron chi connectivity index (χ0n) is 8.39. The molecule has 0 saturated carbocycles.